The van der Waals surface area contributed by atoms with Crippen molar-refractivity contribution in [2.24, 2.45) is 5.73 Å². The fourth-order valence-corrected chi connectivity index (χ4v) is 4.14. The quantitative estimate of drug-likeness (QED) is 0.694. The number of carbonyl (C=O) groups is 1. The van der Waals surface area contributed by atoms with E-state index in [0.29, 0.717) is 32.5 Å². The number of nitrogens with two attached hydrogens (primary N) is 1. The summed E-state index contributed by atoms with van der Waals surface area (Å²) in [7, 11) is -1.69. The Bertz CT molecular complexity index is 406. The summed E-state index contributed by atoms with van der Waals surface area (Å²) in [6.07, 6.45) is 1.22. The highest BCUT2D eigenvalue weighted by atomic mass is 32.2. The van der Waals surface area contributed by atoms with Gasteiger partial charge >= 0.3 is 0 Å². The van der Waals surface area contributed by atoms with E-state index in [2.05, 4.69) is 0 Å². The molecule has 1 heterocycles. The summed E-state index contributed by atoms with van der Waals surface area (Å²) in [5.41, 5.74) is 4.37. The molecule has 1 saturated heterocycles. The minimum absolute atomic E-state index is 0.0601. The molecule has 6 nitrogen and oxygen atoms in total. The van der Waals surface area contributed by atoms with Gasteiger partial charge in [0.15, 0.2) is 0 Å². The molecular formula is C11H23N3O3S. The normalized spacial score (nSPS) is 21.3. The standard InChI is InChI=1S/C11H23N3O3S/c1-11(2)10(15)13(3)7-8-14(11)18(16,17)9-5-4-6-12/h4-9,12H2,1-3H3. The summed E-state index contributed by atoms with van der Waals surface area (Å²) in [6, 6.07) is 0. The molecule has 18 heavy (non-hydrogen) atoms. The SMILES string of the molecule is CN1CCN(S(=O)(=O)CCCCN)C(C)(C)C1=O. The van der Waals surface area contributed by atoms with Crippen molar-refractivity contribution in [2.75, 3.05) is 32.4 Å². The highest BCUT2D eigenvalue weighted by Crippen LogP contribution is 2.25. The second-order valence-corrected chi connectivity index (χ2v) is 7.18. The number of nitrogens with zero attached hydrogens (tertiary/aromatic N) is 2. The van der Waals surface area contributed by atoms with Crippen LogP contribution in [0.15, 0.2) is 0 Å². The third-order valence-corrected chi connectivity index (χ3v) is 5.44. The second kappa shape index (κ2) is 5.54. The van der Waals surface area contributed by atoms with Gasteiger partial charge in [0, 0.05) is 20.1 Å². The summed E-state index contributed by atoms with van der Waals surface area (Å²) < 4.78 is 25.8. The summed E-state index contributed by atoms with van der Waals surface area (Å²) in [6.45, 7) is 4.61. The number of hydrogen-bond donors (Lipinski definition) is 1. The zero-order valence-corrected chi connectivity index (χ0v) is 12.2. The average Bonchev–Trinajstić information content (AvgIpc) is 2.25. The Morgan fingerprint density at radius 2 is 1.89 bits per heavy atom. The van der Waals surface area contributed by atoms with Crippen LogP contribution in [0.1, 0.15) is 26.7 Å². The Morgan fingerprint density at radius 3 is 2.44 bits per heavy atom. The van der Waals surface area contributed by atoms with Crippen LogP contribution in [0.3, 0.4) is 0 Å². The van der Waals surface area contributed by atoms with Gasteiger partial charge in [-0.1, -0.05) is 0 Å². The first kappa shape index (κ1) is 15.4. The fourth-order valence-electron chi connectivity index (χ4n) is 2.22. The summed E-state index contributed by atoms with van der Waals surface area (Å²) in [4.78, 5) is 13.6. The number of piperazine rings is 1. The van der Waals surface area contributed by atoms with Crippen molar-refractivity contribution < 1.29 is 13.2 Å². The summed E-state index contributed by atoms with van der Waals surface area (Å²) >= 11 is 0. The van der Waals surface area contributed by atoms with Crippen LogP contribution in [-0.4, -0.2) is 61.5 Å². The van der Waals surface area contributed by atoms with E-state index in [1.54, 1.807) is 25.8 Å². The number of amides is 1. The van der Waals surface area contributed by atoms with Gasteiger partial charge in [0.1, 0.15) is 5.54 Å². The molecule has 0 aliphatic carbocycles. The lowest BCUT2D eigenvalue weighted by atomic mass is 10.0. The lowest BCUT2D eigenvalue weighted by Gasteiger charge is -2.43. The predicted octanol–water partition coefficient (Wildman–Crippen LogP) is -0.392. The Morgan fingerprint density at radius 1 is 1.28 bits per heavy atom. The minimum Gasteiger partial charge on any atom is -0.343 e. The van der Waals surface area contributed by atoms with E-state index in [1.165, 1.54) is 4.31 Å². The minimum atomic E-state index is -3.39. The van der Waals surface area contributed by atoms with E-state index >= 15 is 0 Å². The maximum absolute atomic E-state index is 12.2. The van der Waals surface area contributed by atoms with Crippen LogP contribution in [0.4, 0.5) is 0 Å². The summed E-state index contributed by atoms with van der Waals surface area (Å²) in [5.74, 6) is -0.0962. The maximum atomic E-state index is 12.2. The molecule has 106 valence electrons. The maximum Gasteiger partial charge on any atom is 0.243 e. The Labute approximate surface area is 109 Å². The number of unbranched alkanes of at least 4 members (excludes halogenated alkanes) is 1. The van der Waals surface area contributed by atoms with Crippen LogP contribution in [0.25, 0.3) is 0 Å². The van der Waals surface area contributed by atoms with Gasteiger partial charge in [0.25, 0.3) is 0 Å². The molecule has 1 amide bonds. The zero-order chi connectivity index (χ0) is 14.0. The lowest BCUT2D eigenvalue weighted by molar-refractivity contribution is -0.142. The van der Waals surface area contributed by atoms with Crippen LogP contribution in [-0.2, 0) is 14.8 Å². The highest BCUT2D eigenvalue weighted by molar-refractivity contribution is 7.89. The Kier molecular flexibility index (Phi) is 4.74. The van der Waals surface area contributed by atoms with Crippen molar-refractivity contribution in [1.82, 2.24) is 9.21 Å². The van der Waals surface area contributed by atoms with Crippen molar-refractivity contribution in [3.63, 3.8) is 0 Å². The first-order valence-corrected chi connectivity index (χ1v) is 7.80. The van der Waals surface area contributed by atoms with Gasteiger partial charge in [-0.15, -0.1) is 0 Å². The zero-order valence-electron chi connectivity index (χ0n) is 11.3. The first-order valence-electron chi connectivity index (χ1n) is 6.19. The van der Waals surface area contributed by atoms with Gasteiger partial charge in [-0.3, -0.25) is 4.79 Å². The van der Waals surface area contributed by atoms with Crippen molar-refractivity contribution >= 4 is 15.9 Å². The van der Waals surface area contributed by atoms with Gasteiger partial charge in [0.2, 0.25) is 15.9 Å². The molecule has 0 unspecified atom stereocenters. The molecular weight excluding hydrogens is 254 g/mol. The van der Waals surface area contributed by atoms with Gasteiger partial charge in [-0.25, -0.2) is 8.42 Å². The Hall–Kier alpha value is -0.660. The van der Waals surface area contributed by atoms with Crippen LogP contribution in [0.2, 0.25) is 0 Å². The molecule has 0 spiro atoms. The van der Waals surface area contributed by atoms with E-state index in [4.69, 9.17) is 5.73 Å². The molecule has 1 aliphatic heterocycles. The average molecular weight is 277 g/mol. The Balaban J connectivity index is 2.85. The molecule has 0 aromatic carbocycles. The van der Waals surface area contributed by atoms with Crippen molar-refractivity contribution in [1.29, 1.82) is 0 Å². The molecule has 1 aliphatic rings. The molecule has 0 saturated carbocycles. The molecule has 7 heteroatoms. The van der Waals surface area contributed by atoms with E-state index in [-0.39, 0.29) is 11.7 Å². The number of sulfonamides is 1. The van der Waals surface area contributed by atoms with E-state index in [9.17, 15) is 13.2 Å². The van der Waals surface area contributed by atoms with Crippen LogP contribution < -0.4 is 5.73 Å². The first-order chi connectivity index (χ1) is 8.23. The van der Waals surface area contributed by atoms with Crippen LogP contribution in [0.5, 0.6) is 0 Å². The topological polar surface area (TPSA) is 83.7 Å². The third-order valence-electron chi connectivity index (χ3n) is 3.32. The van der Waals surface area contributed by atoms with Gasteiger partial charge in [-0.05, 0) is 33.2 Å². The molecule has 0 aromatic heterocycles. The van der Waals surface area contributed by atoms with Crippen molar-refractivity contribution in [3.8, 4) is 0 Å². The molecule has 1 fully saturated rings. The number of carbonyl (C=O) groups excluding carboxylic acids is 1. The smallest absolute Gasteiger partial charge is 0.243 e. The summed E-state index contributed by atoms with van der Waals surface area (Å²) in [5, 5.41) is 0. The monoisotopic (exact) mass is 277 g/mol. The van der Waals surface area contributed by atoms with Crippen LogP contribution in [0, 0.1) is 0 Å². The van der Waals surface area contributed by atoms with Crippen LogP contribution >= 0.6 is 0 Å². The predicted molar refractivity (Wildman–Crippen MR) is 70.5 cm³/mol. The number of likely N-dealkylation sites (N-methyl/N-ethyl adjacent to an activating group) is 1. The molecule has 0 aromatic rings. The third kappa shape index (κ3) is 3.02. The van der Waals surface area contributed by atoms with Gasteiger partial charge in [0.05, 0.1) is 5.75 Å². The van der Waals surface area contributed by atoms with E-state index in [1.807, 2.05) is 0 Å². The molecule has 2 N–H and O–H groups in total. The van der Waals surface area contributed by atoms with Crippen molar-refractivity contribution in [2.45, 2.75) is 32.2 Å². The largest absolute Gasteiger partial charge is 0.343 e. The van der Waals surface area contributed by atoms with E-state index < -0.39 is 15.6 Å². The lowest BCUT2D eigenvalue weighted by Crippen LogP contribution is -2.63. The number of rotatable bonds is 5. The molecule has 0 atom stereocenters. The highest BCUT2D eigenvalue weighted by Gasteiger charge is 2.45. The second-order valence-electron chi connectivity index (χ2n) is 5.17. The molecule has 0 radical (unpaired) electrons. The van der Waals surface area contributed by atoms with Gasteiger partial charge < -0.3 is 10.6 Å². The molecule has 1 rings (SSSR count). The molecule has 0 bridgehead atoms. The number of hydrogen-bond acceptors (Lipinski definition) is 4. The van der Waals surface area contributed by atoms with E-state index in [0.717, 1.165) is 0 Å². The van der Waals surface area contributed by atoms with Crippen molar-refractivity contribution in [3.05, 3.63) is 0 Å². The fraction of sp³-hybridized carbons (Fsp3) is 0.909. The van der Waals surface area contributed by atoms with Gasteiger partial charge in [-0.2, -0.15) is 4.31 Å².